The van der Waals surface area contributed by atoms with Crippen LogP contribution in [0.1, 0.15) is 44.8 Å². The molecule has 4 N–H and O–H groups in total. The second-order valence-electron chi connectivity index (χ2n) is 9.53. The molecule has 0 fully saturated rings. The van der Waals surface area contributed by atoms with Gasteiger partial charge in [-0.25, -0.2) is 9.59 Å². The molecule has 10 heteroatoms. The molecule has 10 nitrogen and oxygen atoms in total. The lowest BCUT2D eigenvalue weighted by atomic mass is 10.1. The van der Waals surface area contributed by atoms with Crippen molar-refractivity contribution in [1.29, 1.82) is 0 Å². The zero-order valence-corrected chi connectivity index (χ0v) is 22.6. The predicted molar refractivity (Wildman–Crippen MR) is 153 cm³/mol. The molecule has 4 aromatic rings. The summed E-state index contributed by atoms with van der Waals surface area (Å²) < 4.78 is 6.98. The third kappa shape index (κ3) is 7.95. The Balaban J connectivity index is 1.37. The SMILES string of the molecule is Cn1c(C(=O)N[C@@H](CCCNC(=O)OCc2ccccc2)C(=O)NCc2cccc(C(=O)O)c2)cc2ccccc21. The van der Waals surface area contributed by atoms with Crippen LogP contribution in [0.25, 0.3) is 10.9 Å². The fourth-order valence-corrected chi connectivity index (χ4v) is 4.41. The van der Waals surface area contributed by atoms with Crippen LogP contribution in [-0.2, 0) is 29.7 Å². The van der Waals surface area contributed by atoms with Gasteiger partial charge in [-0.3, -0.25) is 9.59 Å². The number of carbonyl (C=O) groups is 4. The number of alkyl carbamates (subject to hydrolysis) is 1. The van der Waals surface area contributed by atoms with E-state index >= 15 is 0 Å². The first-order chi connectivity index (χ1) is 19.8. The Morgan fingerprint density at radius 2 is 1.61 bits per heavy atom. The number of hydrogen-bond acceptors (Lipinski definition) is 5. The van der Waals surface area contributed by atoms with Crippen LogP contribution in [-0.4, -0.2) is 46.1 Å². The Morgan fingerprint density at radius 3 is 2.37 bits per heavy atom. The summed E-state index contributed by atoms with van der Waals surface area (Å²) in [4.78, 5) is 49.8. The first-order valence-corrected chi connectivity index (χ1v) is 13.2. The molecule has 212 valence electrons. The number of aromatic nitrogens is 1. The topological polar surface area (TPSA) is 139 Å². The molecule has 0 unspecified atom stereocenters. The summed E-state index contributed by atoms with van der Waals surface area (Å²) in [6.45, 7) is 0.467. The third-order valence-corrected chi connectivity index (χ3v) is 6.60. The lowest BCUT2D eigenvalue weighted by Gasteiger charge is -2.19. The molecule has 4 rings (SSSR count). The molecule has 1 aromatic heterocycles. The molecule has 0 aliphatic carbocycles. The Kier molecular flexibility index (Phi) is 9.71. The van der Waals surface area contributed by atoms with Crippen molar-refractivity contribution < 1.29 is 29.0 Å². The second kappa shape index (κ2) is 13.8. The summed E-state index contributed by atoms with van der Waals surface area (Å²) in [6, 6.07) is 24.0. The number of fused-ring (bicyclic) bond motifs is 1. The number of rotatable bonds is 12. The largest absolute Gasteiger partial charge is 0.478 e. The molecule has 3 amide bonds. The Bertz CT molecular complexity index is 1530. The van der Waals surface area contributed by atoms with E-state index in [9.17, 15) is 24.3 Å². The van der Waals surface area contributed by atoms with Gasteiger partial charge in [0.15, 0.2) is 0 Å². The summed E-state index contributed by atoms with van der Waals surface area (Å²) in [5.41, 5.74) is 2.88. The number of nitrogens with zero attached hydrogens (tertiary/aromatic N) is 1. The van der Waals surface area contributed by atoms with E-state index < -0.39 is 29.9 Å². The van der Waals surface area contributed by atoms with E-state index in [0.717, 1.165) is 16.5 Å². The van der Waals surface area contributed by atoms with Gasteiger partial charge in [-0.2, -0.15) is 0 Å². The van der Waals surface area contributed by atoms with Crippen LogP contribution in [0.2, 0.25) is 0 Å². The Labute approximate surface area is 237 Å². The summed E-state index contributed by atoms with van der Waals surface area (Å²) >= 11 is 0. The Morgan fingerprint density at radius 1 is 0.878 bits per heavy atom. The number of para-hydroxylation sites is 1. The van der Waals surface area contributed by atoms with Gasteiger partial charge in [-0.1, -0.05) is 60.7 Å². The number of aromatic carboxylic acids is 1. The van der Waals surface area contributed by atoms with Crippen LogP contribution in [0, 0.1) is 0 Å². The van der Waals surface area contributed by atoms with Crippen LogP contribution in [0.5, 0.6) is 0 Å². The molecular formula is C31H32N4O6. The predicted octanol–water partition coefficient (Wildman–Crippen LogP) is 4.00. The molecule has 0 spiro atoms. The van der Waals surface area contributed by atoms with E-state index in [0.29, 0.717) is 17.7 Å². The van der Waals surface area contributed by atoms with Crippen LogP contribution in [0.3, 0.4) is 0 Å². The normalized spacial score (nSPS) is 11.4. The maximum Gasteiger partial charge on any atom is 0.407 e. The van der Waals surface area contributed by atoms with E-state index in [-0.39, 0.29) is 31.7 Å². The molecule has 1 heterocycles. The average Bonchev–Trinajstić information content (AvgIpc) is 3.33. The number of carboxylic acid groups (broad SMARTS) is 1. The minimum absolute atomic E-state index is 0.0877. The van der Waals surface area contributed by atoms with Gasteiger partial charge in [0.2, 0.25) is 5.91 Å². The van der Waals surface area contributed by atoms with Crippen LogP contribution in [0.4, 0.5) is 4.79 Å². The number of hydrogen-bond donors (Lipinski definition) is 4. The van der Waals surface area contributed by atoms with Crippen molar-refractivity contribution in [1.82, 2.24) is 20.5 Å². The second-order valence-corrected chi connectivity index (χ2v) is 9.53. The summed E-state index contributed by atoms with van der Waals surface area (Å²) in [5, 5.41) is 18.4. The number of aryl methyl sites for hydroxylation is 1. The average molecular weight is 557 g/mol. The van der Waals surface area contributed by atoms with Crippen molar-refractivity contribution >= 4 is 34.8 Å². The van der Waals surface area contributed by atoms with Crippen LogP contribution < -0.4 is 16.0 Å². The van der Waals surface area contributed by atoms with Crippen molar-refractivity contribution in [3.05, 3.63) is 107 Å². The molecule has 41 heavy (non-hydrogen) atoms. The number of amides is 3. The van der Waals surface area contributed by atoms with Crippen molar-refractivity contribution in [2.24, 2.45) is 7.05 Å². The maximum absolute atomic E-state index is 13.2. The van der Waals surface area contributed by atoms with Gasteiger partial charge < -0.3 is 30.4 Å². The monoisotopic (exact) mass is 556 g/mol. The number of benzene rings is 3. The number of carbonyl (C=O) groups excluding carboxylic acids is 3. The molecule has 0 radical (unpaired) electrons. The van der Waals surface area contributed by atoms with Gasteiger partial charge in [0, 0.05) is 31.0 Å². The van der Waals surface area contributed by atoms with E-state index in [1.807, 2.05) is 54.6 Å². The molecule has 0 saturated heterocycles. The van der Waals surface area contributed by atoms with Gasteiger partial charge >= 0.3 is 12.1 Å². The molecular weight excluding hydrogens is 524 g/mol. The quantitative estimate of drug-likeness (QED) is 0.195. The highest BCUT2D eigenvalue weighted by Gasteiger charge is 2.23. The van der Waals surface area contributed by atoms with Gasteiger partial charge in [0.25, 0.3) is 5.91 Å². The number of nitrogens with one attached hydrogen (secondary N) is 3. The number of ether oxygens (including phenoxy) is 1. The maximum atomic E-state index is 13.2. The zero-order valence-electron chi connectivity index (χ0n) is 22.6. The van der Waals surface area contributed by atoms with E-state index in [1.54, 1.807) is 29.8 Å². The van der Waals surface area contributed by atoms with E-state index in [4.69, 9.17) is 4.74 Å². The van der Waals surface area contributed by atoms with Crippen LogP contribution >= 0.6 is 0 Å². The smallest absolute Gasteiger partial charge is 0.407 e. The van der Waals surface area contributed by atoms with Gasteiger partial charge in [-0.15, -0.1) is 0 Å². The highest BCUT2D eigenvalue weighted by atomic mass is 16.5. The van der Waals surface area contributed by atoms with Crippen molar-refractivity contribution in [2.45, 2.75) is 32.0 Å². The zero-order chi connectivity index (χ0) is 29.2. The first-order valence-electron chi connectivity index (χ1n) is 13.2. The summed E-state index contributed by atoms with van der Waals surface area (Å²) in [6.07, 6.45) is 0.0608. The van der Waals surface area contributed by atoms with Crippen molar-refractivity contribution in [3.63, 3.8) is 0 Å². The molecule has 0 saturated carbocycles. The van der Waals surface area contributed by atoms with Gasteiger partial charge in [0.1, 0.15) is 18.3 Å². The Hall–Kier alpha value is -5.12. The fourth-order valence-electron chi connectivity index (χ4n) is 4.41. The van der Waals surface area contributed by atoms with Crippen molar-refractivity contribution in [3.8, 4) is 0 Å². The summed E-state index contributed by atoms with van der Waals surface area (Å²) in [7, 11) is 1.78. The fraction of sp³-hybridized carbons (Fsp3) is 0.226. The van der Waals surface area contributed by atoms with E-state index in [2.05, 4.69) is 16.0 Å². The highest BCUT2D eigenvalue weighted by Crippen LogP contribution is 2.18. The minimum atomic E-state index is -1.06. The third-order valence-electron chi connectivity index (χ3n) is 6.60. The van der Waals surface area contributed by atoms with Gasteiger partial charge in [-0.05, 0) is 48.2 Å². The minimum Gasteiger partial charge on any atom is -0.478 e. The molecule has 0 aliphatic rings. The summed E-state index contributed by atoms with van der Waals surface area (Å²) in [5.74, 6) is -1.90. The highest BCUT2D eigenvalue weighted by molar-refractivity contribution is 6.00. The van der Waals surface area contributed by atoms with E-state index in [1.165, 1.54) is 12.1 Å². The number of carboxylic acids is 1. The molecule has 1 atom stereocenters. The van der Waals surface area contributed by atoms with Crippen molar-refractivity contribution in [2.75, 3.05) is 6.54 Å². The van der Waals surface area contributed by atoms with Gasteiger partial charge in [0.05, 0.1) is 5.56 Å². The van der Waals surface area contributed by atoms with Crippen LogP contribution in [0.15, 0.2) is 84.9 Å². The standard InChI is InChI=1S/C31H32N4O6/c1-35-26-15-6-5-12-23(26)18-27(35)29(37)34-25(28(36)33-19-22-11-7-13-24(17-22)30(38)39)14-8-16-32-31(40)41-20-21-9-3-2-4-10-21/h2-7,9-13,15,17-18,25H,8,14,16,19-20H2,1H3,(H,32,40)(H,33,36)(H,34,37)(H,38,39)/t25-/m0/s1. The molecule has 3 aromatic carbocycles. The first kappa shape index (κ1) is 28.9. The lowest BCUT2D eigenvalue weighted by molar-refractivity contribution is -0.123. The molecule has 0 bridgehead atoms. The lowest BCUT2D eigenvalue weighted by Crippen LogP contribution is -2.47. The molecule has 0 aliphatic heterocycles.